The van der Waals surface area contributed by atoms with Gasteiger partial charge in [-0.2, -0.15) is 5.26 Å². The normalized spacial score (nSPS) is 15.9. The van der Waals surface area contributed by atoms with E-state index in [0.29, 0.717) is 11.5 Å². The van der Waals surface area contributed by atoms with E-state index in [9.17, 15) is 5.26 Å². The molecular formula is C21H17BrN4O. The maximum Gasteiger partial charge on any atom is 0.244 e. The van der Waals surface area contributed by atoms with Crippen LogP contribution in [0.4, 0.5) is 0 Å². The lowest BCUT2D eigenvalue weighted by atomic mass is 9.83. The first-order valence-corrected chi connectivity index (χ1v) is 9.28. The average Bonchev–Trinajstić information content (AvgIpc) is 3.07. The van der Waals surface area contributed by atoms with Crippen LogP contribution in [0, 0.1) is 25.2 Å². The molecule has 0 unspecified atom stereocenters. The highest BCUT2D eigenvalue weighted by Crippen LogP contribution is 2.45. The second-order valence-corrected chi connectivity index (χ2v) is 7.51. The Balaban J connectivity index is 1.94. The van der Waals surface area contributed by atoms with Gasteiger partial charge in [0.1, 0.15) is 11.6 Å². The van der Waals surface area contributed by atoms with Crippen molar-refractivity contribution in [1.82, 2.24) is 10.2 Å². The number of ether oxygens (including phenoxy) is 1. The average molecular weight is 421 g/mol. The van der Waals surface area contributed by atoms with E-state index in [1.165, 1.54) is 11.1 Å². The van der Waals surface area contributed by atoms with Crippen LogP contribution in [-0.2, 0) is 0 Å². The van der Waals surface area contributed by atoms with Gasteiger partial charge in [-0.05, 0) is 48.7 Å². The highest BCUT2D eigenvalue weighted by Gasteiger charge is 2.35. The molecule has 4 rings (SSSR count). The predicted octanol–water partition coefficient (Wildman–Crippen LogP) is 4.67. The summed E-state index contributed by atoms with van der Waals surface area (Å²) in [5.74, 6) is 0.158. The number of rotatable bonds is 2. The van der Waals surface area contributed by atoms with Crippen LogP contribution in [0.25, 0.3) is 11.3 Å². The van der Waals surface area contributed by atoms with E-state index in [4.69, 9.17) is 10.5 Å². The number of benzene rings is 2. The number of nitrogens with one attached hydrogen (secondary N) is 1. The fourth-order valence-electron chi connectivity index (χ4n) is 3.35. The molecule has 2 heterocycles. The van der Waals surface area contributed by atoms with Crippen molar-refractivity contribution in [2.24, 2.45) is 5.73 Å². The summed E-state index contributed by atoms with van der Waals surface area (Å²) in [6, 6.07) is 16.3. The molecule has 1 atom stereocenters. The number of aromatic nitrogens is 2. The predicted molar refractivity (Wildman–Crippen MR) is 107 cm³/mol. The van der Waals surface area contributed by atoms with Crippen LogP contribution in [0.1, 0.15) is 28.2 Å². The Morgan fingerprint density at radius 1 is 1.15 bits per heavy atom. The molecular weight excluding hydrogens is 404 g/mol. The topological polar surface area (TPSA) is 87.7 Å². The quantitative estimate of drug-likeness (QED) is 0.629. The van der Waals surface area contributed by atoms with Gasteiger partial charge < -0.3 is 10.5 Å². The number of aryl methyl sites for hydroxylation is 2. The lowest BCUT2D eigenvalue weighted by Gasteiger charge is -2.24. The van der Waals surface area contributed by atoms with E-state index in [2.05, 4.69) is 58.2 Å². The second kappa shape index (κ2) is 6.60. The van der Waals surface area contributed by atoms with Gasteiger partial charge in [0.2, 0.25) is 11.8 Å². The summed E-state index contributed by atoms with van der Waals surface area (Å²) in [5, 5.41) is 17.1. The molecule has 3 N–H and O–H groups in total. The number of halogens is 1. The zero-order valence-corrected chi connectivity index (χ0v) is 16.5. The molecule has 0 spiro atoms. The number of hydrogen-bond donors (Lipinski definition) is 2. The maximum atomic E-state index is 9.75. The molecule has 27 heavy (non-hydrogen) atoms. The van der Waals surface area contributed by atoms with Crippen molar-refractivity contribution in [3.05, 3.63) is 80.6 Å². The summed E-state index contributed by atoms with van der Waals surface area (Å²) in [7, 11) is 0. The third-order valence-electron chi connectivity index (χ3n) is 4.94. The summed E-state index contributed by atoms with van der Waals surface area (Å²) in [6.45, 7) is 4.15. The Bertz CT molecular complexity index is 1110. The first-order valence-electron chi connectivity index (χ1n) is 8.48. The first-order chi connectivity index (χ1) is 13.0. The zero-order chi connectivity index (χ0) is 19.1. The molecule has 0 aliphatic carbocycles. The smallest absolute Gasteiger partial charge is 0.244 e. The second-order valence-electron chi connectivity index (χ2n) is 6.59. The van der Waals surface area contributed by atoms with Crippen LogP contribution in [0.15, 0.2) is 58.4 Å². The van der Waals surface area contributed by atoms with Crippen LogP contribution in [0.5, 0.6) is 5.88 Å². The molecule has 0 fully saturated rings. The zero-order valence-electron chi connectivity index (χ0n) is 14.9. The minimum atomic E-state index is -0.345. The monoisotopic (exact) mass is 420 g/mol. The number of hydrogen-bond acceptors (Lipinski definition) is 4. The van der Waals surface area contributed by atoms with Gasteiger partial charge in [-0.25, -0.2) is 0 Å². The van der Waals surface area contributed by atoms with Crippen molar-refractivity contribution in [3.63, 3.8) is 0 Å². The number of nitrogens with two attached hydrogens (primary N) is 1. The van der Waals surface area contributed by atoms with E-state index in [1.54, 1.807) is 0 Å². The summed E-state index contributed by atoms with van der Waals surface area (Å²) in [5.41, 5.74) is 12.4. The van der Waals surface area contributed by atoms with Gasteiger partial charge >= 0.3 is 0 Å². The number of nitriles is 1. The molecule has 1 aromatic heterocycles. The Hall–Kier alpha value is -3.04. The third-order valence-corrected chi connectivity index (χ3v) is 5.47. The molecule has 0 saturated heterocycles. The van der Waals surface area contributed by atoms with Crippen LogP contribution in [0.3, 0.4) is 0 Å². The van der Waals surface area contributed by atoms with Gasteiger partial charge in [0.05, 0.1) is 17.2 Å². The van der Waals surface area contributed by atoms with Crippen molar-refractivity contribution in [3.8, 4) is 23.2 Å². The third kappa shape index (κ3) is 2.90. The van der Waals surface area contributed by atoms with Crippen molar-refractivity contribution in [2.45, 2.75) is 19.8 Å². The molecule has 0 radical (unpaired) electrons. The van der Waals surface area contributed by atoms with E-state index in [-0.39, 0.29) is 11.8 Å². The molecule has 2 aromatic carbocycles. The van der Waals surface area contributed by atoms with Crippen molar-refractivity contribution < 1.29 is 4.74 Å². The summed E-state index contributed by atoms with van der Waals surface area (Å²) < 4.78 is 6.62. The Morgan fingerprint density at radius 3 is 2.56 bits per heavy atom. The van der Waals surface area contributed by atoms with Gasteiger partial charge in [-0.15, -0.1) is 5.10 Å². The fraction of sp³-hybridized carbons (Fsp3) is 0.143. The van der Waals surface area contributed by atoms with Crippen molar-refractivity contribution in [2.75, 3.05) is 0 Å². The number of nitrogens with zero attached hydrogens (tertiary/aromatic N) is 2. The number of allylic oxidation sites excluding steroid dienone is 1. The molecule has 5 nitrogen and oxygen atoms in total. The molecule has 0 amide bonds. The number of H-pyrrole nitrogens is 1. The fourth-order valence-corrected chi connectivity index (χ4v) is 3.61. The minimum Gasteiger partial charge on any atom is -0.420 e. The molecule has 1 aliphatic heterocycles. The molecule has 6 heteroatoms. The largest absolute Gasteiger partial charge is 0.420 e. The van der Waals surface area contributed by atoms with E-state index >= 15 is 0 Å². The van der Waals surface area contributed by atoms with Crippen molar-refractivity contribution in [1.29, 1.82) is 5.26 Å². The van der Waals surface area contributed by atoms with Gasteiger partial charge in [-0.3, -0.25) is 5.10 Å². The molecule has 134 valence electrons. The van der Waals surface area contributed by atoms with E-state index < -0.39 is 0 Å². The van der Waals surface area contributed by atoms with Crippen LogP contribution >= 0.6 is 15.9 Å². The molecule has 0 saturated carbocycles. The molecule has 0 bridgehead atoms. The van der Waals surface area contributed by atoms with Crippen LogP contribution in [-0.4, -0.2) is 10.2 Å². The lowest BCUT2D eigenvalue weighted by Crippen LogP contribution is -2.20. The standard InChI is InChI=1S/C21H17BrN4O/c1-11-3-4-14(9-12(11)2)19-18-17(13-5-7-15(22)8-6-13)16(10-23)20(24)27-21(18)26-25-19/h3-9,17H,24H2,1-2H3,(H,25,26)/t17-/m1/s1. The SMILES string of the molecule is Cc1ccc(-c2[nH]nc3c2[C@H](c2ccc(Br)cc2)C(C#N)=C(N)O3)cc1C. The molecule has 1 aliphatic rings. The maximum absolute atomic E-state index is 9.75. The van der Waals surface area contributed by atoms with Gasteiger partial charge in [-0.1, -0.05) is 40.2 Å². The number of fused-ring (bicyclic) bond motifs is 1. The summed E-state index contributed by atoms with van der Waals surface area (Å²) in [4.78, 5) is 0. The Morgan fingerprint density at radius 2 is 1.89 bits per heavy atom. The summed E-state index contributed by atoms with van der Waals surface area (Å²) in [6.07, 6.45) is 0. The highest BCUT2D eigenvalue weighted by atomic mass is 79.9. The first kappa shape index (κ1) is 17.4. The van der Waals surface area contributed by atoms with Gasteiger partial charge in [0.15, 0.2) is 0 Å². The lowest BCUT2D eigenvalue weighted by molar-refractivity contribution is 0.379. The highest BCUT2D eigenvalue weighted by molar-refractivity contribution is 9.10. The minimum absolute atomic E-state index is 0.0936. The van der Waals surface area contributed by atoms with Gasteiger partial charge in [0.25, 0.3) is 0 Å². The summed E-state index contributed by atoms with van der Waals surface area (Å²) >= 11 is 3.46. The van der Waals surface area contributed by atoms with Crippen LogP contribution < -0.4 is 10.5 Å². The van der Waals surface area contributed by atoms with Gasteiger partial charge in [0, 0.05) is 10.0 Å². The Labute approximate surface area is 165 Å². The van der Waals surface area contributed by atoms with Crippen molar-refractivity contribution >= 4 is 15.9 Å². The number of aromatic amines is 1. The van der Waals surface area contributed by atoms with E-state index in [0.717, 1.165) is 26.9 Å². The van der Waals surface area contributed by atoms with Crippen LogP contribution in [0.2, 0.25) is 0 Å². The Kier molecular flexibility index (Phi) is 4.25. The molecule has 3 aromatic rings. The van der Waals surface area contributed by atoms with E-state index in [1.807, 2.05) is 30.3 Å².